The summed E-state index contributed by atoms with van der Waals surface area (Å²) in [6.45, 7) is 3.66. The highest BCUT2D eigenvalue weighted by atomic mass is 32.2. The van der Waals surface area contributed by atoms with Crippen LogP contribution in [0.1, 0.15) is 11.1 Å². The Morgan fingerprint density at radius 2 is 1.05 bits per heavy atom. The van der Waals surface area contributed by atoms with E-state index in [0.717, 1.165) is 17.7 Å². The summed E-state index contributed by atoms with van der Waals surface area (Å²) in [5, 5.41) is 15.2. The van der Waals surface area contributed by atoms with Gasteiger partial charge in [0.25, 0.3) is 30.4 Å². The third kappa shape index (κ3) is 6.61. The first-order valence-electron chi connectivity index (χ1n) is 11.1. The Bertz CT molecular complexity index is 2040. The summed E-state index contributed by atoms with van der Waals surface area (Å²) in [6, 6.07) is 15.2. The number of azo groups is 2. The van der Waals surface area contributed by atoms with E-state index < -0.39 is 55.8 Å². The fourth-order valence-electron chi connectivity index (χ4n) is 3.64. The molecule has 40 heavy (non-hydrogen) atoms. The van der Waals surface area contributed by atoms with Crippen molar-refractivity contribution in [1.29, 1.82) is 0 Å². The van der Waals surface area contributed by atoms with Crippen LogP contribution in [-0.4, -0.2) is 38.9 Å². The minimum absolute atomic E-state index is 0.257. The number of aryl methyl sites for hydroxylation is 2. The molecule has 4 aromatic rings. The summed E-state index contributed by atoms with van der Waals surface area (Å²) in [6.07, 6.45) is 0. The fourth-order valence-corrected chi connectivity index (χ4v) is 5.69. The Kier molecular flexibility index (Phi) is 7.68. The second kappa shape index (κ2) is 10.6. The summed E-state index contributed by atoms with van der Waals surface area (Å²) >= 11 is 0. The second-order valence-electron chi connectivity index (χ2n) is 8.59. The Hall–Kier alpha value is -3.93. The highest BCUT2D eigenvalue weighted by molar-refractivity contribution is 7.87. The van der Waals surface area contributed by atoms with E-state index >= 15 is 0 Å². The molecule has 0 aliphatic rings. The molecule has 0 heterocycles. The monoisotopic (exact) mass is 604 g/mol. The van der Waals surface area contributed by atoms with Gasteiger partial charge < -0.3 is 0 Å². The van der Waals surface area contributed by atoms with Gasteiger partial charge in [0, 0.05) is 10.8 Å². The molecule has 3 N–H and O–H groups in total. The third-order valence-electron chi connectivity index (χ3n) is 5.57. The summed E-state index contributed by atoms with van der Waals surface area (Å²) in [4.78, 5) is -3.00. The minimum Gasteiger partial charge on any atom is -0.282 e. The van der Waals surface area contributed by atoms with Crippen molar-refractivity contribution in [2.45, 2.75) is 28.5 Å². The number of benzene rings is 4. The first-order chi connectivity index (χ1) is 18.5. The van der Waals surface area contributed by atoms with Crippen molar-refractivity contribution in [3.63, 3.8) is 0 Å². The maximum absolute atomic E-state index is 12.1. The zero-order valence-electron chi connectivity index (χ0n) is 20.7. The van der Waals surface area contributed by atoms with Crippen LogP contribution in [0.15, 0.2) is 102 Å². The van der Waals surface area contributed by atoms with Gasteiger partial charge in [0.2, 0.25) is 0 Å². The molecule has 0 bridgehead atoms. The molecule has 0 radical (unpaired) electrons. The Balaban J connectivity index is 1.79. The van der Waals surface area contributed by atoms with Gasteiger partial charge in [0.1, 0.15) is 9.79 Å². The standard InChI is InChI=1S/C24H20N4O9S3/c1-14-3-5-16(6-4-14)25-26-17-7-8-22(15(2)9-17)28-27-18-10-20-21(23(11-18)39(32,33)34)12-19(38(29,30)31)13-24(20)40(35,36)37/h3-13H,1-2H3,(H,29,30,31)(H,32,33,34)(H,35,36,37). The Morgan fingerprint density at radius 3 is 1.62 bits per heavy atom. The van der Waals surface area contributed by atoms with E-state index in [1.165, 1.54) is 0 Å². The van der Waals surface area contributed by atoms with Crippen molar-refractivity contribution in [2.24, 2.45) is 20.5 Å². The van der Waals surface area contributed by atoms with E-state index in [2.05, 4.69) is 20.5 Å². The maximum atomic E-state index is 12.1. The normalized spacial score (nSPS) is 13.0. The van der Waals surface area contributed by atoms with Crippen LogP contribution in [-0.2, 0) is 30.4 Å². The lowest BCUT2D eigenvalue weighted by atomic mass is 10.1. The molecule has 0 fully saturated rings. The van der Waals surface area contributed by atoms with Crippen molar-refractivity contribution in [1.82, 2.24) is 0 Å². The van der Waals surface area contributed by atoms with Crippen molar-refractivity contribution in [2.75, 3.05) is 0 Å². The van der Waals surface area contributed by atoms with E-state index in [9.17, 15) is 38.9 Å². The van der Waals surface area contributed by atoms with Crippen LogP contribution in [0.2, 0.25) is 0 Å². The van der Waals surface area contributed by atoms with Crippen LogP contribution in [0, 0.1) is 13.8 Å². The van der Waals surface area contributed by atoms with Gasteiger partial charge in [-0.1, -0.05) is 17.7 Å². The molecule has 13 nitrogen and oxygen atoms in total. The van der Waals surface area contributed by atoms with Crippen LogP contribution in [0.3, 0.4) is 0 Å². The van der Waals surface area contributed by atoms with Gasteiger partial charge >= 0.3 is 0 Å². The van der Waals surface area contributed by atoms with E-state index in [0.29, 0.717) is 34.8 Å². The van der Waals surface area contributed by atoms with E-state index in [4.69, 9.17) is 0 Å². The summed E-state index contributed by atoms with van der Waals surface area (Å²) in [5.41, 5.74) is 2.94. The molecule has 0 spiro atoms. The predicted molar refractivity (Wildman–Crippen MR) is 144 cm³/mol. The molecule has 4 aromatic carbocycles. The van der Waals surface area contributed by atoms with Gasteiger partial charge in [-0.05, 0) is 74.0 Å². The first-order valence-corrected chi connectivity index (χ1v) is 15.4. The summed E-state index contributed by atoms with van der Waals surface area (Å²) in [5.74, 6) is 0. The number of nitrogens with zero attached hydrogens (tertiary/aromatic N) is 4. The van der Waals surface area contributed by atoms with Crippen LogP contribution < -0.4 is 0 Å². The molecule has 0 aliphatic carbocycles. The summed E-state index contributed by atoms with van der Waals surface area (Å²) < 4.78 is 100. The number of fused-ring (bicyclic) bond motifs is 1. The lowest BCUT2D eigenvalue weighted by molar-refractivity contribution is 0.478. The van der Waals surface area contributed by atoms with Crippen LogP contribution >= 0.6 is 0 Å². The average Bonchev–Trinajstić information content (AvgIpc) is 2.85. The number of hydrogen-bond acceptors (Lipinski definition) is 10. The van der Waals surface area contributed by atoms with Gasteiger partial charge in [-0.25, -0.2) is 0 Å². The fraction of sp³-hybridized carbons (Fsp3) is 0.0833. The van der Waals surface area contributed by atoms with Gasteiger partial charge in [0.15, 0.2) is 0 Å². The number of hydrogen-bond donors (Lipinski definition) is 3. The maximum Gasteiger partial charge on any atom is 0.295 e. The zero-order valence-corrected chi connectivity index (χ0v) is 23.1. The quantitative estimate of drug-likeness (QED) is 0.166. The Labute approximate surface area is 229 Å². The lowest BCUT2D eigenvalue weighted by Crippen LogP contribution is -2.07. The highest BCUT2D eigenvalue weighted by Crippen LogP contribution is 2.36. The zero-order chi connectivity index (χ0) is 29.5. The SMILES string of the molecule is Cc1ccc(N=Nc2ccc(N=Nc3cc(S(=O)(=O)O)c4cc(S(=O)(=O)O)cc(S(=O)(=O)O)c4c3)c(C)c2)cc1. The van der Waals surface area contributed by atoms with Crippen LogP contribution in [0.4, 0.5) is 22.7 Å². The van der Waals surface area contributed by atoms with E-state index in [1.807, 2.05) is 31.2 Å². The smallest absolute Gasteiger partial charge is 0.282 e. The average molecular weight is 605 g/mol. The third-order valence-corrected chi connectivity index (χ3v) is 8.19. The van der Waals surface area contributed by atoms with E-state index in [-0.39, 0.29) is 5.69 Å². The molecule has 208 valence electrons. The molecule has 0 saturated heterocycles. The molecule has 0 unspecified atom stereocenters. The largest absolute Gasteiger partial charge is 0.295 e. The van der Waals surface area contributed by atoms with Crippen molar-refractivity contribution in [3.8, 4) is 0 Å². The molecule has 0 amide bonds. The van der Waals surface area contributed by atoms with Crippen LogP contribution in [0.25, 0.3) is 10.8 Å². The minimum atomic E-state index is -5.14. The van der Waals surface area contributed by atoms with Gasteiger partial charge in [0.05, 0.1) is 27.6 Å². The molecular weight excluding hydrogens is 584 g/mol. The van der Waals surface area contributed by atoms with Crippen molar-refractivity contribution in [3.05, 3.63) is 77.9 Å². The molecule has 4 rings (SSSR count). The summed E-state index contributed by atoms with van der Waals surface area (Å²) in [7, 11) is -15.3. The van der Waals surface area contributed by atoms with Gasteiger partial charge in [-0.3, -0.25) is 13.7 Å². The molecule has 0 aliphatic heterocycles. The molecule has 0 saturated carbocycles. The van der Waals surface area contributed by atoms with Gasteiger partial charge in [-0.2, -0.15) is 45.7 Å². The van der Waals surface area contributed by atoms with E-state index in [1.54, 1.807) is 25.1 Å². The predicted octanol–water partition coefficient (Wildman–Crippen LogP) is 6.03. The molecule has 16 heteroatoms. The van der Waals surface area contributed by atoms with Crippen molar-refractivity contribution >= 4 is 63.9 Å². The molecule has 0 aromatic heterocycles. The number of rotatable bonds is 7. The Morgan fingerprint density at radius 1 is 0.525 bits per heavy atom. The molecule has 0 atom stereocenters. The first kappa shape index (κ1) is 29.1. The molecular formula is C24H20N4O9S3. The van der Waals surface area contributed by atoms with Crippen molar-refractivity contribution < 1.29 is 38.9 Å². The van der Waals surface area contributed by atoms with Crippen LogP contribution in [0.5, 0.6) is 0 Å². The van der Waals surface area contributed by atoms with Gasteiger partial charge in [-0.15, -0.1) is 0 Å². The second-order valence-corrected chi connectivity index (χ2v) is 12.8. The topological polar surface area (TPSA) is 213 Å². The highest BCUT2D eigenvalue weighted by Gasteiger charge is 2.25. The lowest BCUT2D eigenvalue weighted by Gasteiger charge is -2.11.